The maximum Gasteiger partial charge on any atom is 0.243 e. The van der Waals surface area contributed by atoms with Gasteiger partial charge in [0.05, 0.1) is 24.7 Å². The van der Waals surface area contributed by atoms with E-state index in [1.54, 1.807) is 29.6 Å². The highest BCUT2D eigenvalue weighted by Crippen LogP contribution is 2.21. The first-order chi connectivity index (χ1) is 14.6. The largest absolute Gasteiger partial charge is 0.382 e. The van der Waals surface area contributed by atoms with E-state index < -0.39 is 10.0 Å². The molecular formula is C21H36N4O4S. The van der Waals surface area contributed by atoms with E-state index in [4.69, 9.17) is 9.47 Å². The van der Waals surface area contributed by atoms with Gasteiger partial charge < -0.3 is 20.1 Å². The molecule has 9 heteroatoms. The molecule has 1 aromatic carbocycles. The summed E-state index contributed by atoms with van der Waals surface area (Å²) in [6, 6.07) is 7.11. The first-order valence-corrected chi connectivity index (χ1v) is 12.2. The minimum atomic E-state index is -3.43. The van der Waals surface area contributed by atoms with E-state index in [0.717, 1.165) is 44.3 Å². The second kappa shape index (κ2) is 13.6. The molecule has 170 valence electrons. The minimum absolute atomic E-state index is 0.350. The number of hydrogen-bond donors (Lipinski definition) is 2. The summed E-state index contributed by atoms with van der Waals surface area (Å²) in [5, 5.41) is 6.49. The molecular weight excluding hydrogens is 404 g/mol. The highest BCUT2D eigenvalue weighted by molar-refractivity contribution is 7.89. The fourth-order valence-corrected chi connectivity index (χ4v) is 4.78. The van der Waals surface area contributed by atoms with Crippen molar-refractivity contribution in [2.45, 2.75) is 44.0 Å². The molecule has 1 saturated heterocycles. The molecule has 0 saturated carbocycles. The van der Waals surface area contributed by atoms with E-state index in [-0.39, 0.29) is 0 Å². The molecule has 1 heterocycles. The van der Waals surface area contributed by atoms with Crippen molar-refractivity contribution in [3.63, 3.8) is 0 Å². The molecule has 30 heavy (non-hydrogen) atoms. The molecule has 0 aromatic heterocycles. The number of guanidine groups is 1. The molecule has 1 aromatic rings. The van der Waals surface area contributed by atoms with Crippen LogP contribution >= 0.6 is 0 Å². The predicted molar refractivity (Wildman–Crippen MR) is 119 cm³/mol. The summed E-state index contributed by atoms with van der Waals surface area (Å²) >= 11 is 0. The van der Waals surface area contributed by atoms with Crippen LogP contribution < -0.4 is 10.6 Å². The van der Waals surface area contributed by atoms with Gasteiger partial charge in [-0.3, -0.25) is 0 Å². The van der Waals surface area contributed by atoms with Gasteiger partial charge in [0.2, 0.25) is 10.0 Å². The van der Waals surface area contributed by atoms with Crippen LogP contribution in [0.2, 0.25) is 0 Å². The highest BCUT2D eigenvalue weighted by atomic mass is 32.2. The lowest BCUT2D eigenvalue weighted by Crippen LogP contribution is -2.38. The first-order valence-electron chi connectivity index (χ1n) is 10.8. The van der Waals surface area contributed by atoms with E-state index in [9.17, 15) is 8.42 Å². The van der Waals surface area contributed by atoms with Crippen molar-refractivity contribution >= 4 is 16.0 Å². The molecule has 0 bridgehead atoms. The number of nitrogens with zero attached hydrogens (tertiary/aromatic N) is 2. The zero-order chi connectivity index (χ0) is 21.7. The quantitative estimate of drug-likeness (QED) is 0.293. The van der Waals surface area contributed by atoms with Crippen molar-refractivity contribution in [2.24, 2.45) is 4.99 Å². The average molecular weight is 441 g/mol. The van der Waals surface area contributed by atoms with Gasteiger partial charge in [-0.25, -0.2) is 13.4 Å². The van der Waals surface area contributed by atoms with Crippen molar-refractivity contribution in [1.82, 2.24) is 14.9 Å². The fourth-order valence-electron chi connectivity index (χ4n) is 3.20. The molecule has 0 radical (unpaired) electrons. The molecule has 0 spiro atoms. The number of benzene rings is 1. The van der Waals surface area contributed by atoms with E-state index in [2.05, 4.69) is 15.6 Å². The summed E-state index contributed by atoms with van der Waals surface area (Å²) in [5.74, 6) is 0.707. The SMILES string of the molecule is CCNC(=NCc1cccc(S(=O)(=O)N2CCCCC2)c1)NCCCOCCOC. The van der Waals surface area contributed by atoms with Gasteiger partial charge in [0.15, 0.2) is 5.96 Å². The van der Waals surface area contributed by atoms with Crippen LogP contribution in [0.4, 0.5) is 0 Å². The molecule has 0 amide bonds. The fraction of sp³-hybridized carbons (Fsp3) is 0.667. The van der Waals surface area contributed by atoms with Gasteiger partial charge in [0.25, 0.3) is 0 Å². The van der Waals surface area contributed by atoms with Crippen LogP contribution in [0.3, 0.4) is 0 Å². The lowest BCUT2D eigenvalue weighted by Gasteiger charge is -2.26. The molecule has 0 aliphatic carbocycles. The Morgan fingerprint density at radius 1 is 1.13 bits per heavy atom. The third kappa shape index (κ3) is 8.22. The summed E-state index contributed by atoms with van der Waals surface area (Å²) in [6.45, 7) is 6.97. The lowest BCUT2D eigenvalue weighted by molar-refractivity contribution is 0.0698. The van der Waals surface area contributed by atoms with Gasteiger partial charge >= 0.3 is 0 Å². The topological polar surface area (TPSA) is 92.3 Å². The van der Waals surface area contributed by atoms with Gasteiger partial charge in [-0.1, -0.05) is 18.6 Å². The normalized spacial score (nSPS) is 15.9. The number of nitrogens with one attached hydrogen (secondary N) is 2. The zero-order valence-corrected chi connectivity index (χ0v) is 19.0. The maximum atomic E-state index is 12.9. The predicted octanol–water partition coefficient (Wildman–Crippen LogP) is 1.97. The average Bonchev–Trinajstić information content (AvgIpc) is 2.77. The van der Waals surface area contributed by atoms with Gasteiger partial charge in [-0.05, 0) is 43.9 Å². The molecule has 1 fully saturated rings. The van der Waals surface area contributed by atoms with Crippen molar-refractivity contribution in [3.05, 3.63) is 29.8 Å². The molecule has 0 atom stereocenters. The van der Waals surface area contributed by atoms with Crippen molar-refractivity contribution in [2.75, 3.05) is 53.1 Å². The van der Waals surface area contributed by atoms with Gasteiger partial charge in [-0.15, -0.1) is 0 Å². The number of ether oxygens (including phenoxy) is 2. The smallest absolute Gasteiger partial charge is 0.243 e. The Balaban J connectivity index is 1.91. The van der Waals surface area contributed by atoms with Crippen LogP contribution in [0.5, 0.6) is 0 Å². The van der Waals surface area contributed by atoms with Crippen molar-refractivity contribution in [1.29, 1.82) is 0 Å². The van der Waals surface area contributed by atoms with E-state index in [1.807, 2.05) is 13.0 Å². The number of sulfonamides is 1. The molecule has 1 aliphatic rings. The Morgan fingerprint density at radius 3 is 2.67 bits per heavy atom. The zero-order valence-electron chi connectivity index (χ0n) is 18.2. The minimum Gasteiger partial charge on any atom is -0.382 e. The number of piperidine rings is 1. The Labute approximate surface area is 181 Å². The van der Waals surface area contributed by atoms with E-state index in [1.165, 1.54) is 0 Å². The maximum absolute atomic E-state index is 12.9. The van der Waals surface area contributed by atoms with Crippen molar-refractivity contribution < 1.29 is 17.9 Å². The standard InChI is InChI=1S/C21H36N4O4S/c1-3-22-21(23-11-8-14-29-16-15-28-2)24-18-19-9-7-10-20(17-19)30(26,27)25-12-5-4-6-13-25/h7,9-10,17H,3-6,8,11-16,18H2,1-2H3,(H2,22,23,24). The number of rotatable bonds is 12. The third-order valence-corrected chi connectivity index (χ3v) is 6.70. The number of hydrogen-bond acceptors (Lipinski definition) is 5. The Kier molecular flexibility index (Phi) is 11.1. The highest BCUT2D eigenvalue weighted by Gasteiger charge is 2.25. The molecule has 2 N–H and O–H groups in total. The second-order valence-electron chi connectivity index (χ2n) is 7.19. The molecule has 1 aliphatic heterocycles. The summed E-state index contributed by atoms with van der Waals surface area (Å²) in [4.78, 5) is 4.94. The number of aliphatic imine (C=N–C) groups is 1. The third-order valence-electron chi connectivity index (χ3n) is 4.80. The van der Waals surface area contributed by atoms with Gasteiger partial charge in [0.1, 0.15) is 0 Å². The monoisotopic (exact) mass is 440 g/mol. The van der Waals surface area contributed by atoms with Crippen LogP contribution in [-0.2, 0) is 26.0 Å². The van der Waals surface area contributed by atoms with Crippen LogP contribution in [-0.4, -0.2) is 71.8 Å². The van der Waals surface area contributed by atoms with Crippen LogP contribution in [0.1, 0.15) is 38.2 Å². The Hall–Kier alpha value is -1.68. The van der Waals surface area contributed by atoms with E-state index >= 15 is 0 Å². The van der Waals surface area contributed by atoms with Crippen LogP contribution in [0, 0.1) is 0 Å². The van der Waals surface area contributed by atoms with Gasteiger partial charge in [0, 0.05) is 39.9 Å². The molecule has 0 unspecified atom stereocenters. The second-order valence-corrected chi connectivity index (χ2v) is 9.13. The van der Waals surface area contributed by atoms with Crippen molar-refractivity contribution in [3.8, 4) is 0 Å². The van der Waals surface area contributed by atoms with Gasteiger partial charge in [-0.2, -0.15) is 4.31 Å². The summed E-state index contributed by atoms with van der Waals surface area (Å²) in [5.41, 5.74) is 0.869. The Bertz CT molecular complexity index is 749. The van der Waals surface area contributed by atoms with Crippen LogP contribution in [0.25, 0.3) is 0 Å². The first kappa shape index (κ1) is 24.6. The number of methoxy groups -OCH3 is 1. The van der Waals surface area contributed by atoms with Crippen LogP contribution in [0.15, 0.2) is 34.2 Å². The van der Waals surface area contributed by atoms with E-state index in [0.29, 0.717) is 50.3 Å². The summed E-state index contributed by atoms with van der Waals surface area (Å²) in [6.07, 6.45) is 3.81. The lowest BCUT2D eigenvalue weighted by atomic mass is 10.2. The Morgan fingerprint density at radius 2 is 1.93 bits per heavy atom. The molecule has 2 rings (SSSR count). The molecule has 8 nitrogen and oxygen atoms in total. The summed E-state index contributed by atoms with van der Waals surface area (Å²) in [7, 11) is -1.77. The summed E-state index contributed by atoms with van der Waals surface area (Å²) < 4.78 is 37.8.